The Kier molecular flexibility index (Phi) is 3.10. The Labute approximate surface area is 108 Å². The molecule has 0 saturated heterocycles. The fourth-order valence-electron chi connectivity index (χ4n) is 3.67. The number of hydrogen-bond acceptors (Lipinski definition) is 4. The Morgan fingerprint density at radius 1 is 1.33 bits per heavy atom. The van der Waals surface area contributed by atoms with Crippen molar-refractivity contribution >= 4 is 5.82 Å². The molecule has 3 rings (SSSR count). The van der Waals surface area contributed by atoms with Crippen LogP contribution in [0.3, 0.4) is 0 Å². The molecule has 0 amide bonds. The van der Waals surface area contributed by atoms with Gasteiger partial charge in [0.05, 0.1) is 12.7 Å². The fourth-order valence-corrected chi connectivity index (χ4v) is 3.67. The molecule has 18 heavy (non-hydrogen) atoms. The van der Waals surface area contributed by atoms with Crippen LogP contribution in [-0.2, 0) is 0 Å². The van der Waals surface area contributed by atoms with Gasteiger partial charge in [-0.1, -0.05) is 6.42 Å². The molecule has 2 aliphatic carbocycles. The molecule has 4 nitrogen and oxygen atoms in total. The second-order valence-electron chi connectivity index (χ2n) is 5.67. The van der Waals surface area contributed by atoms with Crippen LogP contribution in [0, 0.1) is 24.7 Å². The molecule has 1 heterocycles. The van der Waals surface area contributed by atoms with Crippen molar-refractivity contribution in [2.45, 2.75) is 32.6 Å². The molecule has 0 radical (unpaired) electrons. The van der Waals surface area contributed by atoms with Gasteiger partial charge in [0.15, 0.2) is 0 Å². The second kappa shape index (κ2) is 4.75. The zero-order valence-electron chi connectivity index (χ0n) is 11.1. The lowest BCUT2D eigenvalue weighted by atomic mass is 9.89. The van der Waals surface area contributed by atoms with Gasteiger partial charge in [0.2, 0.25) is 5.88 Å². The number of nitrogens with one attached hydrogen (secondary N) is 1. The standard InChI is InChI=1S/C14H21N3O/c1-9-13(16-8-17-14(9)18-2)15-7-12-6-10-3-4-11(12)5-10/h8,10-12H,3-7H2,1-2H3,(H,15,16,17). The molecule has 3 atom stereocenters. The molecule has 3 unspecified atom stereocenters. The molecule has 0 aliphatic heterocycles. The molecule has 2 aliphatic rings. The van der Waals surface area contributed by atoms with Gasteiger partial charge in [0.1, 0.15) is 12.1 Å². The van der Waals surface area contributed by atoms with Crippen LogP contribution in [0.25, 0.3) is 0 Å². The van der Waals surface area contributed by atoms with Crippen LogP contribution in [0.5, 0.6) is 5.88 Å². The van der Waals surface area contributed by atoms with Gasteiger partial charge in [-0.15, -0.1) is 0 Å². The van der Waals surface area contributed by atoms with E-state index in [1.54, 1.807) is 13.4 Å². The molecule has 2 saturated carbocycles. The van der Waals surface area contributed by atoms with E-state index in [2.05, 4.69) is 15.3 Å². The molecule has 0 aromatic carbocycles. The first-order chi connectivity index (χ1) is 8.78. The van der Waals surface area contributed by atoms with Crippen molar-refractivity contribution in [3.63, 3.8) is 0 Å². The van der Waals surface area contributed by atoms with E-state index in [1.165, 1.54) is 25.7 Å². The summed E-state index contributed by atoms with van der Waals surface area (Å²) in [5, 5.41) is 3.48. The number of anilines is 1. The first-order valence-electron chi connectivity index (χ1n) is 6.87. The summed E-state index contributed by atoms with van der Waals surface area (Å²) in [4.78, 5) is 8.41. The van der Waals surface area contributed by atoms with Crippen molar-refractivity contribution in [3.05, 3.63) is 11.9 Å². The number of aromatic nitrogens is 2. The molecular formula is C14H21N3O. The van der Waals surface area contributed by atoms with Crippen molar-refractivity contribution in [2.24, 2.45) is 17.8 Å². The normalized spacial score (nSPS) is 29.6. The smallest absolute Gasteiger partial charge is 0.221 e. The number of hydrogen-bond donors (Lipinski definition) is 1. The molecule has 4 heteroatoms. The summed E-state index contributed by atoms with van der Waals surface area (Å²) in [6.45, 7) is 3.05. The van der Waals surface area contributed by atoms with E-state index in [-0.39, 0.29) is 0 Å². The van der Waals surface area contributed by atoms with Crippen LogP contribution in [0.1, 0.15) is 31.2 Å². The quantitative estimate of drug-likeness (QED) is 0.888. The summed E-state index contributed by atoms with van der Waals surface area (Å²) in [5.41, 5.74) is 1.00. The minimum atomic E-state index is 0.667. The van der Waals surface area contributed by atoms with Crippen LogP contribution in [0.4, 0.5) is 5.82 Å². The van der Waals surface area contributed by atoms with Gasteiger partial charge in [0.25, 0.3) is 0 Å². The van der Waals surface area contributed by atoms with Gasteiger partial charge in [-0.05, 0) is 43.9 Å². The molecule has 98 valence electrons. The topological polar surface area (TPSA) is 47.0 Å². The van der Waals surface area contributed by atoms with E-state index >= 15 is 0 Å². The average molecular weight is 247 g/mol. The Balaban J connectivity index is 1.63. The van der Waals surface area contributed by atoms with Crippen molar-refractivity contribution in [1.29, 1.82) is 0 Å². The van der Waals surface area contributed by atoms with E-state index in [0.717, 1.165) is 35.7 Å². The predicted molar refractivity (Wildman–Crippen MR) is 70.7 cm³/mol. The summed E-state index contributed by atoms with van der Waals surface area (Å²) >= 11 is 0. The van der Waals surface area contributed by atoms with Crippen molar-refractivity contribution in [3.8, 4) is 5.88 Å². The third kappa shape index (κ3) is 2.04. The molecule has 2 bridgehead atoms. The van der Waals surface area contributed by atoms with Crippen LogP contribution in [0.15, 0.2) is 6.33 Å². The maximum atomic E-state index is 5.22. The van der Waals surface area contributed by atoms with E-state index in [9.17, 15) is 0 Å². The van der Waals surface area contributed by atoms with Crippen LogP contribution < -0.4 is 10.1 Å². The summed E-state index contributed by atoms with van der Waals surface area (Å²) in [6, 6.07) is 0. The average Bonchev–Trinajstić information content (AvgIpc) is 3.00. The lowest BCUT2D eigenvalue weighted by Gasteiger charge is -2.22. The van der Waals surface area contributed by atoms with Crippen molar-refractivity contribution in [2.75, 3.05) is 19.0 Å². The van der Waals surface area contributed by atoms with E-state index in [0.29, 0.717) is 5.88 Å². The summed E-state index contributed by atoms with van der Waals surface area (Å²) in [6.07, 6.45) is 7.32. The van der Waals surface area contributed by atoms with E-state index < -0.39 is 0 Å². The molecule has 2 fully saturated rings. The Morgan fingerprint density at radius 3 is 2.89 bits per heavy atom. The third-order valence-electron chi connectivity index (χ3n) is 4.65. The van der Waals surface area contributed by atoms with Gasteiger partial charge >= 0.3 is 0 Å². The SMILES string of the molecule is COc1ncnc(NCC2CC3CCC2C3)c1C. The zero-order chi connectivity index (χ0) is 12.5. The van der Waals surface area contributed by atoms with Gasteiger partial charge in [-0.3, -0.25) is 0 Å². The zero-order valence-corrected chi connectivity index (χ0v) is 11.1. The monoisotopic (exact) mass is 247 g/mol. The minimum absolute atomic E-state index is 0.667. The Bertz CT molecular complexity index is 435. The number of nitrogens with zero attached hydrogens (tertiary/aromatic N) is 2. The second-order valence-corrected chi connectivity index (χ2v) is 5.67. The Morgan fingerprint density at radius 2 is 2.22 bits per heavy atom. The highest BCUT2D eigenvalue weighted by atomic mass is 16.5. The maximum Gasteiger partial charge on any atom is 0.221 e. The molecule has 1 aromatic rings. The first kappa shape index (κ1) is 11.8. The first-order valence-corrected chi connectivity index (χ1v) is 6.87. The highest BCUT2D eigenvalue weighted by molar-refractivity contribution is 5.47. The fraction of sp³-hybridized carbons (Fsp3) is 0.714. The summed E-state index contributed by atoms with van der Waals surface area (Å²) in [7, 11) is 1.65. The molecule has 0 spiro atoms. The third-order valence-corrected chi connectivity index (χ3v) is 4.65. The van der Waals surface area contributed by atoms with E-state index in [4.69, 9.17) is 4.74 Å². The lowest BCUT2D eigenvalue weighted by molar-refractivity contribution is 0.348. The van der Waals surface area contributed by atoms with Gasteiger partial charge in [-0.2, -0.15) is 0 Å². The van der Waals surface area contributed by atoms with Gasteiger partial charge in [0, 0.05) is 6.54 Å². The molecule has 1 aromatic heterocycles. The van der Waals surface area contributed by atoms with Gasteiger partial charge < -0.3 is 10.1 Å². The molecule has 1 N–H and O–H groups in total. The number of methoxy groups -OCH3 is 1. The van der Waals surface area contributed by atoms with Crippen LogP contribution >= 0.6 is 0 Å². The number of fused-ring (bicyclic) bond motifs is 2. The maximum absolute atomic E-state index is 5.22. The number of rotatable bonds is 4. The molecular weight excluding hydrogens is 226 g/mol. The Hall–Kier alpha value is -1.32. The van der Waals surface area contributed by atoms with Crippen molar-refractivity contribution < 1.29 is 4.74 Å². The predicted octanol–water partition coefficient (Wildman–Crippen LogP) is 2.64. The largest absolute Gasteiger partial charge is 0.481 e. The number of ether oxygens (including phenoxy) is 1. The summed E-state index contributed by atoms with van der Waals surface area (Å²) < 4.78 is 5.22. The lowest BCUT2D eigenvalue weighted by Crippen LogP contribution is -2.21. The van der Waals surface area contributed by atoms with Gasteiger partial charge in [-0.25, -0.2) is 9.97 Å². The highest BCUT2D eigenvalue weighted by Gasteiger charge is 2.39. The minimum Gasteiger partial charge on any atom is -0.481 e. The highest BCUT2D eigenvalue weighted by Crippen LogP contribution is 2.48. The van der Waals surface area contributed by atoms with Crippen LogP contribution in [-0.4, -0.2) is 23.6 Å². The van der Waals surface area contributed by atoms with E-state index in [1.807, 2.05) is 6.92 Å². The summed E-state index contributed by atoms with van der Waals surface area (Å²) in [5.74, 6) is 4.38. The van der Waals surface area contributed by atoms with Crippen molar-refractivity contribution in [1.82, 2.24) is 9.97 Å². The van der Waals surface area contributed by atoms with Crippen LogP contribution in [0.2, 0.25) is 0 Å².